The summed E-state index contributed by atoms with van der Waals surface area (Å²) < 4.78 is 5.45. The molecule has 3 N–H and O–H groups in total. The van der Waals surface area contributed by atoms with Gasteiger partial charge in [-0.25, -0.2) is 10.8 Å². The molecule has 1 heterocycles. The third-order valence-electron chi connectivity index (χ3n) is 2.55. The molecule has 9 heteroatoms. The predicted octanol–water partition coefficient (Wildman–Crippen LogP) is 1.64. The summed E-state index contributed by atoms with van der Waals surface area (Å²) in [7, 11) is 0. The van der Waals surface area contributed by atoms with Gasteiger partial charge in [-0.15, -0.1) is 0 Å². The number of nitrogens with one attached hydrogen (secondary N) is 1. The van der Waals surface area contributed by atoms with E-state index in [-0.39, 0.29) is 28.8 Å². The SMILES string of the molecule is Cc1cnc(NN)nc1Oc1ccc(C#N)cc1[N+](=O)[O-]. The van der Waals surface area contributed by atoms with Gasteiger partial charge in [0.2, 0.25) is 17.6 Å². The van der Waals surface area contributed by atoms with E-state index in [0.717, 1.165) is 6.07 Å². The van der Waals surface area contributed by atoms with Gasteiger partial charge < -0.3 is 4.74 Å². The van der Waals surface area contributed by atoms with Crippen molar-refractivity contribution in [2.24, 2.45) is 5.84 Å². The van der Waals surface area contributed by atoms with Crippen LogP contribution in [0.4, 0.5) is 11.6 Å². The van der Waals surface area contributed by atoms with E-state index in [9.17, 15) is 10.1 Å². The second-order valence-corrected chi connectivity index (χ2v) is 3.98. The molecule has 0 spiro atoms. The molecule has 0 aliphatic rings. The summed E-state index contributed by atoms with van der Waals surface area (Å²) >= 11 is 0. The van der Waals surface area contributed by atoms with E-state index in [2.05, 4.69) is 15.4 Å². The summed E-state index contributed by atoms with van der Waals surface area (Å²) in [4.78, 5) is 18.3. The van der Waals surface area contributed by atoms with Crippen LogP contribution in [0.3, 0.4) is 0 Å². The van der Waals surface area contributed by atoms with Crippen molar-refractivity contribution < 1.29 is 9.66 Å². The number of hydrogen-bond acceptors (Lipinski definition) is 8. The summed E-state index contributed by atoms with van der Waals surface area (Å²) in [5.41, 5.74) is 2.67. The van der Waals surface area contributed by atoms with E-state index in [1.807, 2.05) is 6.07 Å². The van der Waals surface area contributed by atoms with Crippen LogP contribution in [0.25, 0.3) is 0 Å². The first-order chi connectivity index (χ1) is 10.0. The van der Waals surface area contributed by atoms with Crippen LogP contribution in [-0.2, 0) is 0 Å². The van der Waals surface area contributed by atoms with Crippen molar-refractivity contribution >= 4 is 11.6 Å². The maximum atomic E-state index is 11.0. The lowest BCUT2D eigenvalue weighted by atomic mass is 10.2. The number of benzene rings is 1. The molecule has 0 fully saturated rings. The average Bonchev–Trinajstić information content (AvgIpc) is 2.49. The van der Waals surface area contributed by atoms with Crippen molar-refractivity contribution in [1.29, 1.82) is 5.26 Å². The van der Waals surface area contributed by atoms with Gasteiger partial charge in [0, 0.05) is 17.8 Å². The fourth-order valence-corrected chi connectivity index (χ4v) is 1.52. The summed E-state index contributed by atoms with van der Waals surface area (Å²) in [6.07, 6.45) is 1.47. The van der Waals surface area contributed by atoms with E-state index >= 15 is 0 Å². The molecule has 0 unspecified atom stereocenters. The van der Waals surface area contributed by atoms with Gasteiger partial charge in [-0.1, -0.05) is 0 Å². The largest absolute Gasteiger partial charge is 0.431 e. The van der Waals surface area contributed by atoms with Crippen molar-refractivity contribution in [2.75, 3.05) is 5.43 Å². The molecule has 0 bridgehead atoms. The highest BCUT2D eigenvalue weighted by Gasteiger charge is 2.18. The van der Waals surface area contributed by atoms with Crippen LogP contribution in [0.15, 0.2) is 24.4 Å². The standard InChI is InChI=1S/C12H10N6O3/c1-7-6-15-12(17-14)16-11(7)21-10-3-2-8(5-13)4-9(10)18(19)20/h2-4,6H,14H2,1H3,(H,15,16,17). The summed E-state index contributed by atoms with van der Waals surface area (Å²) in [5.74, 6) is 5.43. The molecule has 0 amide bonds. The Morgan fingerprint density at radius 2 is 2.29 bits per heavy atom. The number of hydrogen-bond donors (Lipinski definition) is 2. The summed E-state index contributed by atoms with van der Waals surface area (Å²) in [6.45, 7) is 1.69. The van der Waals surface area contributed by atoms with Gasteiger partial charge in [0.15, 0.2) is 0 Å². The van der Waals surface area contributed by atoms with Crippen LogP contribution < -0.4 is 16.0 Å². The maximum Gasteiger partial charge on any atom is 0.312 e. The fourth-order valence-electron chi connectivity index (χ4n) is 1.52. The van der Waals surface area contributed by atoms with Gasteiger partial charge in [0.1, 0.15) is 0 Å². The molecular weight excluding hydrogens is 276 g/mol. The summed E-state index contributed by atoms with van der Waals surface area (Å²) in [5, 5.41) is 19.8. The highest BCUT2D eigenvalue weighted by atomic mass is 16.6. The zero-order chi connectivity index (χ0) is 15.4. The van der Waals surface area contributed by atoms with Crippen LogP contribution in [0.5, 0.6) is 11.6 Å². The Labute approximate surface area is 119 Å². The second-order valence-electron chi connectivity index (χ2n) is 3.98. The number of anilines is 1. The molecule has 2 aromatic rings. The van der Waals surface area contributed by atoms with Crippen molar-refractivity contribution in [3.05, 3.63) is 45.6 Å². The molecule has 0 aliphatic carbocycles. The van der Waals surface area contributed by atoms with Gasteiger partial charge in [-0.05, 0) is 19.1 Å². The molecule has 1 aromatic heterocycles. The van der Waals surface area contributed by atoms with Gasteiger partial charge >= 0.3 is 5.69 Å². The number of aryl methyl sites for hydroxylation is 1. The van der Waals surface area contributed by atoms with Crippen LogP contribution in [0, 0.1) is 28.4 Å². The van der Waals surface area contributed by atoms with Crippen molar-refractivity contribution in [3.8, 4) is 17.7 Å². The topological polar surface area (TPSA) is 140 Å². The molecule has 0 aliphatic heterocycles. The number of hydrazine groups is 1. The minimum Gasteiger partial charge on any atom is -0.431 e. The van der Waals surface area contributed by atoms with E-state index in [1.165, 1.54) is 18.3 Å². The highest BCUT2D eigenvalue weighted by Crippen LogP contribution is 2.32. The Bertz CT molecular complexity index is 740. The molecule has 21 heavy (non-hydrogen) atoms. The Kier molecular flexibility index (Phi) is 3.92. The predicted molar refractivity (Wildman–Crippen MR) is 72.5 cm³/mol. The van der Waals surface area contributed by atoms with Crippen molar-refractivity contribution in [2.45, 2.75) is 6.92 Å². The first kappa shape index (κ1) is 14.2. The number of aromatic nitrogens is 2. The zero-order valence-electron chi connectivity index (χ0n) is 10.9. The van der Waals surface area contributed by atoms with Gasteiger partial charge in [0.05, 0.1) is 16.6 Å². The van der Waals surface area contributed by atoms with Crippen LogP contribution >= 0.6 is 0 Å². The quantitative estimate of drug-likeness (QED) is 0.491. The Morgan fingerprint density at radius 3 is 2.90 bits per heavy atom. The molecule has 1 aromatic carbocycles. The van der Waals surface area contributed by atoms with Crippen molar-refractivity contribution in [1.82, 2.24) is 9.97 Å². The number of rotatable bonds is 4. The smallest absolute Gasteiger partial charge is 0.312 e. The molecule has 0 saturated heterocycles. The van der Waals surface area contributed by atoms with Crippen molar-refractivity contribution in [3.63, 3.8) is 0 Å². The zero-order valence-corrected chi connectivity index (χ0v) is 10.9. The Balaban J connectivity index is 2.44. The number of nitrogen functional groups attached to an aromatic ring is 1. The summed E-state index contributed by atoms with van der Waals surface area (Å²) in [6, 6.07) is 5.72. The fraction of sp³-hybridized carbons (Fsp3) is 0.0833. The van der Waals surface area contributed by atoms with E-state index in [0.29, 0.717) is 5.56 Å². The first-order valence-electron chi connectivity index (χ1n) is 5.72. The minimum absolute atomic E-state index is 0.0243. The lowest BCUT2D eigenvalue weighted by Gasteiger charge is -2.09. The normalized spacial score (nSPS) is 9.76. The van der Waals surface area contributed by atoms with Gasteiger partial charge in [-0.2, -0.15) is 10.2 Å². The number of ether oxygens (including phenoxy) is 1. The maximum absolute atomic E-state index is 11.0. The Morgan fingerprint density at radius 1 is 1.52 bits per heavy atom. The number of nitrogens with zero attached hydrogens (tertiary/aromatic N) is 4. The Hall–Kier alpha value is -3.25. The number of nitrogens with two attached hydrogens (primary N) is 1. The molecule has 0 radical (unpaired) electrons. The van der Waals surface area contributed by atoms with Crippen LogP contribution in [-0.4, -0.2) is 14.9 Å². The third-order valence-corrected chi connectivity index (χ3v) is 2.55. The van der Waals surface area contributed by atoms with Gasteiger partial charge in [0.25, 0.3) is 0 Å². The molecule has 9 nitrogen and oxygen atoms in total. The third kappa shape index (κ3) is 3.02. The number of nitro groups is 1. The van der Waals surface area contributed by atoms with Gasteiger partial charge in [-0.3, -0.25) is 15.5 Å². The minimum atomic E-state index is -0.630. The van der Waals surface area contributed by atoms with Crippen LogP contribution in [0.2, 0.25) is 0 Å². The molecule has 0 saturated carbocycles. The molecule has 106 valence electrons. The number of nitriles is 1. The van der Waals surface area contributed by atoms with Crippen LogP contribution in [0.1, 0.15) is 11.1 Å². The molecule has 0 atom stereocenters. The highest BCUT2D eigenvalue weighted by molar-refractivity contribution is 5.53. The lowest BCUT2D eigenvalue weighted by molar-refractivity contribution is -0.385. The van der Waals surface area contributed by atoms with E-state index < -0.39 is 4.92 Å². The average molecular weight is 286 g/mol. The second kappa shape index (κ2) is 5.81. The van der Waals surface area contributed by atoms with E-state index in [4.69, 9.17) is 15.8 Å². The molecule has 2 rings (SSSR count). The lowest BCUT2D eigenvalue weighted by Crippen LogP contribution is -2.11. The molecular formula is C12H10N6O3. The first-order valence-corrected chi connectivity index (χ1v) is 5.72. The van der Waals surface area contributed by atoms with E-state index in [1.54, 1.807) is 6.92 Å². The number of nitro benzene ring substituents is 1. The monoisotopic (exact) mass is 286 g/mol.